The maximum Gasteiger partial charge on any atom is 0.157 e. The zero-order chi connectivity index (χ0) is 17.6. The van der Waals surface area contributed by atoms with Crippen molar-refractivity contribution in [1.29, 1.82) is 5.26 Å². The van der Waals surface area contributed by atoms with Gasteiger partial charge in [0.25, 0.3) is 0 Å². The van der Waals surface area contributed by atoms with Crippen molar-refractivity contribution < 1.29 is 0 Å². The Hall–Kier alpha value is -3.32. The Kier molecular flexibility index (Phi) is 3.43. The SMILES string of the molecule is Cc1cccc(Nc2cc(C)c(C#N)c3nc4ccccc4n23)c1C. The van der Waals surface area contributed by atoms with Crippen molar-refractivity contribution in [3.8, 4) is 6.07 Å². The Labute approximate surface area is 146 Å². The smallest absolute Gasteiger partial charge is 0.157 e. The van der Waals surface area contributed by atoms with Crippen LogP contribution in [0.5, 0.6) is 0 Å². The van der Waals surface area contributed by atoms with Crippen molar-refractivity contribution in [2.45, 2.75) is 20.8 Å². The summed E-state index contributed by atoms with van der Waals surface area (Å²) in [6, 6.07) is 18.5. The fourth-order valence-electron chi connectivity index (χ4n) is 3.21. The number of imidazole rings is 1. The van der Waals surface area contributed by atoms with Crippen molar-refractivity contribution in [2.75, 3.05) is 5.32 Å². The predicted octanol–water partition coefficient (Wildman–Crippen LogP) is 5.03. The maximum atomic E-state index is 9.58. The average molecular weight is 326 g/mol. The molecular weight excluding hydrogens is 308 g/mol. The lowest BCUT2D eigenvalue weighted by atomic mass is 10.1. The quantitative estimate of drug-likeness (QED) is 0.562. The first-order valence-electron chi connectivity index (χ1n) is 8.24. The molecule has 0 spiro atoms. The molecule has 2 aromatic carbocycles. The predicted molar refractivity (Wildman–Crippen MR) is 101 cm³/mol. The third-order valence-corrected chi connectivity index (χ3v) is 4.75. The number of hydrogen-bond acceptors (Lipinski definition) is 3. The molecular formula is C21H18N4. The summed E-state index contributed by atoms with van der Waals surface area (Å²) in [6.07, 6.45) is 0. The van der Waals surface area contributed by atoms with Gasteiger partial charge < -0.3 is 5.32 Å². The van der Waals surface area contributed by atoms with Gasteiger partial charge in [-0.25, -0.2) is 4.98 Å². The number of rotatable bonds is 2. The molecule has 2 heterocycles. The lowest BCUT2D eigenvalue weighted by molar-refractivity contribution is 1.18. The molecule has 0 radical (unpaired) electrons. The van der Waals surface area contributed by atoms with Crippen LogP contribution < -0.4 is 5.32 Å². The second-order valence-corrected chi connectivity index (χ2v) is 6.33. The van der Waals surface area contributed by atoms with Gasteiger partial charge in [0.05, 0.1) is 16.6 Å². The molecule has 4 rings (SSSR count). The molecule has 0 bridgehead atoms. The number of nitrogens with zero attached hydrogens (tertiary/aromatic N) is 3. The third-order valence-electron chi connectivity index (χ3n) is 4.75. The highest BCUT2D eigenvalue weighted by Gasteiger charge is 2.15. The van der Waals surface area contributed by atoms with E-state index in [1.165, 1.54) is 11.1 Å². The summed E-state index contributed by atoms with van der Waals surface area (Å²) in [6.45, 7) is 6.16. The highest BCUT2D eigenvalue weighted by atomic mass is 15.1. The molecule has 4 heteroatoms. The molecule has 0 unspecified atom stereocenters. The maximum absolute atomic E-state index is 9.58. The van der Waals surface area contributed by atoms with Gasteiger partial charge in [-0.05, 0) is 61.7 Å². The summed E-state index contributed by atoms with van der Waals surface area (Å²) in [7, 11) is 0. The van der Waals surface area contributed by atoms with E-state index in [2.05, 4.69) is 42.4 Å². The second kappa shape index (κ2) is 5.64. The number of para-hydroxylation sites is 2. The minimum atomic E-state index is 0.614. The van der Waals surface area contributed by atoms with E-state index < -0.39 is 0 Å². The zero-order valence-electron chi connectivity index (χ0n) is 14.5. The molecule has 0 fully saturated rings. The van der Waals surface area contributed by atoms with E-state index in [0.29, 0.717) is 11.2 Å². The van der Waals surface area contributed by atoms with Crippen LogP contribution in [0.3, 0.4) is 0 Å². The number of aryl methyl sites for hydroxylation is 2. The fourth-order valence-corrected chi connectivity index (χ4v) is 3.21. The lowest BCUT2D eigenvalue weighted by Crippen LogP contribution is -2.03. The van der Waals surface area contributed by atoms with Crippen molar-refractivity contribution in [2.24, 2.45) is 0 Å². The number of nitriles is 1. The van der Waals surface area contributed by atoms with Crippen LogP contribution in [-0.4, -0.2) is 9.38 Å². The minimum Gasteiger partial charge on any atom is -0.341 e. The van der Waals surface area contributed by atoms with E-state index in [1.54, 1.807) is 0 Å². The first-order chi connectivity index (χ1) is 12.1. The Balaban J connectivity index is 2.04. The van der Waals surface area contributed by atoms with Gasteiger partial charge in [-0.15, -0.1) is 0 Å². The van der Waals surface area contributed by atoms with Crippen molar-refractivity contribution in [3.63, 3.8) is 0 Å². The van der Waals surface area contributed by atoms with Gasteiger partial charge in [0.1, 0.15) is 11.9 Å². The number of benzene rings is 2. The van der Waals surface area contributed by atoms with Crippen LogP contribution in [0.1, 0.15) is 22.3 Å². The van der Waals surface area contributed by atoms with E-state index in [4.69, 9.17) is 0 Å². The molecule has 0 saturated heterocycles. The van der Waals surface area contributed by atoms with Crippen molar-refractivity contribution in [1.82, 2.24) is 9.38 Å². The fraction of sp³-hybridized carbons (Fsp3) is 0.143. The number of pyridine rings is 1. The topological polar surface area (TPSA) is 53.1 Å². The molecule has 0 saturated carbocycles. The lowest BCUT2D eigenvalue weighted by Gasteiger charge is -2.15. The highest BCUT2D eigenvalue weighted by molar-refractivity contribution is 5.86. The molecule has 0 amide bonds. The summed E-state index contributed by atoms with van der Waals surface area (Å²) in [5.74, 6) is 0.911. The molecule has 0 aliphatic carbocycles. The van der Waals surface area contributed by atoms with Crippen LogP contribution in [0, 0.1) is 32.1 Å². The third kappa shape index (κ3) is 2.33. The molecule has 0 atom stereocenters. The number of fused-ring (bicyclic) bond motifs is 3. The number of nitrogens with one attached hydrogen (secondary N) is 1. The second-order valence-electron chi connectivity index (χ2n) is 6.33. The van der Waals surface area contributed by atoms with E-state index in [0.717, 1.165) is 28.1 Å². The standard InChI is InChI=1S/C21H18N4/c1-13-7-6-9-17(15(13)3)23-20-11-14(2)16(12-22)21-24-18-8-4-5-10-19(18)25(20)21/h4-11,23H,1-3H3. The molecule has 0 aliphatic rings. The average Bonchev–Trinajstić information content (AvgIpc) is 2.98. The first kappa shape index (κ1) is 15.2. The van der Waals surface area contributed by atoms with Crippen LogP contribution in [0.4, 0.5) is 11.5 Å². The molecule has 122 valence electrons. The zero-order valence-corrected chi connectivity index (χ0v) is 14.5. The molecule has 1 N–H and O–H groups in total. The van der Waals surface area contributed by atoms with Crippen LogP contribution in [0.15, 0.2) is 48.5 Å². The van der Waals surface area contributed by atoms with Crippen molar-refractivity contribution >= 4 is 28.2 Å². The normalized spacial score (nSPS) is 11.0. The highest BCUT2D eigenvalue weighted by Crippen LogP contribution is 2.29. The summed E-state index contributed by atoms with van der Waals surface area (Å²) >= 11 is 0. The number of hydrogen-bond donors (Lipinski definition) is 1. The van der Waals surface area contributed by atoms with Crippen LogP contribution in [-0.2, 0) is 0 Å². The largest absolute Gasteiger partial charge is 0.341 e. The molecule has 0 aliphatic heterocycles. The van der Waals surface area contributed by atoms with Gasteiger partial charge in [0, 0.05) is 5.69 Å². The van der Waals surface area contributed by atoms with E-state index in [1.807, 2.05) is 47.7 Å². The molecule has 4 nitrogen and oxygen atoms in total. The molecule has 4 aromatic rings. The van der Waals surface area contributed by atoms with Gasteiger partial charge >= 0.3 is 0 Å². The Morgan fingerprint density at radius 3 is 2.60 bits per heavy atom. The van der Waals surface area contributed by atoms with Gasteiger partial charge in [-0.3, -0.25) is 4.40 Å². The summed E-state index contributed by atoms with van der Waals surface area (Å²) < 4.78 is 2.03. The first-order valence-corrected chi connectivity index (χ1v) is 8.24. The number of anilines is 2. The molecule has 2 aromatic heterocycles. The minimum absolute atomic E-state index is 0.614. The van der Waals surface area contributed by atoms with E-state index in [-0.39, 0.29) is 0 Å². The summed E-state index contributed by atoms with van der Waals surface area (Å²) in [5.41, 5.74) is 7.60. The Morgan fingerprint density at radius 2 is 1.80 bits per heavy atom. The monoisotopic (exact) mass is 326 g/mol. The van der Waals surface area contributed by atoms with Gasteiger partial charge in [0.15, 0.2) is 5.65 Å². The molecule has 25 heavy (non-hydrogen) atoms. The number of aromatic nitrogens is 2. The summed E-state index contributed by atoms with van der Waals surface area (Å²) in [4.78, 5) is 4.69. The van der Waals surface area contributed by atoms with Gasteiger partial charge in [-0.2, -0.15) is 5.26 Å². The van der Waals surface area contributed by atoms with E-state index >= 15 is 0 Å². The Morgan fingerprint density at radius 1 is 1.00 bits per heavy atom. The summed E-state index contributed by atoms with van der Waals surface area (Å²) in [5, 5.41) is 13.1. The Bertz CT molecular complexity index is 1160. The van der Waals surface area contributed by atoms with Crippen LogP contribution in [0.2, 0.25) is 0 Å². The van der Waals surface area contributed by atoms with Gasteiger partial charge in [0.2, 0.25) is 0 Å². The van der Waals surface area contributed by atoms with Crippen molar-refractivity contribution in [3.05, 3.63) is 70.8 Å². The van der Waals surface area contributed by atoms with Crippen LogP contribution >= 0.6 is 0 Å². The van der Waals surface area contributed by atoms with E-state index in [9.17, 15) is 5.26 Å². The van der Waals surface area contributed by atoms with Crippen LogP contribution in [0.25, 0.3) is 16.7 Å². The van der Waals surface area contributed by atoms with Gasteiger partial charge in [-0.1, -0.05) is 24.3 Å².